The molecule has 0 unspecified atom stereocenters. The zero-order chi connectivity index (χ0) is 23.5. The number of fused-ring (bicyclic) bond motifs is 2. The maximum Gasteiger partial charge on any atom is 0.0699 e. The van der Waals surface area contributed by atoms with Crippen LogP contribution in [0.25, 0.3) is 0 Å². The number of hydrogen-bond acceptors (Lipinski definition) is 2. The van der Waals surface area contributed by atoms with Gasteiger partial charge in [0.15, 0.2) is 0 Å². The van der Waals surface area contributed by atoms with Gasteiger partial charge in [0.05, 0.1) is 22.7 Å². The van der Waals surface area contributed by atoms with Crippen molar-refractivity contribution in [2.24, 2.45) is 0 Å². The first-order valence-electron chi connectivity index (χ1n) is 11.7. The molecule has 2 nitrogen and oxygen atoms in total. The van der Waals surface area contributed by atoms with Gasteiger partial charge >= 0.3 is 0 Å². The van der Waals surface area contributed by atoms with Crippen LogP contribution in [-0.2, 0) is 10.8 Å². The second-order valence-electron chi connectivity index (χ2n) is 12.1. The molecule has 3 aromatic rings. The summed E-state index contributed by atoms with van der Waals surface area (Å²) in [5.74, 6) is 0. The molecule has 4 rings (SSSR count). The summed E-state index contributed by atoms with van der Waals surface area (Å²) < 4.78 is 0. The number of para-hydroxylation sites is 4. The van der Waals surface area contributed by atoms with E-state index in [2.05, 4.69) is 139 Å². The molecule has 0 aliphatic carbocycles. The molecule has 1 aliphatic heterocycles. The average molecular weight is 427 g/mol. The summed E-state index contributed by atoms with van der Waals surface area (Å²) in [6.07, 6.45) is 0. The smallest absolute Gasteiger partial charge is 0.0699 e. The molecule has 0 N–H and O–H groups in total. The molecular weight excluding hydrogens is 388 g/mol. The van der Waals surface area contributed by atoms with Crippen LogP contribution in [0.2, 0.25) is 0 Å². The van der Waals surface area contributed by atoms with Gasteiger partial charge in [0.25, 0.3) is 0 Å². The monoisotopic (exact) mass is 426 g/mol. The fourth-order valence-electron chi connectivity index (χ4n) is 4.55. The summed E-state index contributed by atoms with van der Waals surface area (Å²) in [7, 11) is 0. The number of anilines is 5. The fraction of sp³-hybridized carbons (Fsp3) is 0.400. The molecule has 2 heteroatoms. The van der Waals surface area contributed by atoms with Crippen molar-refractivity contribution in [2.75, 3.05) is 9.80 Å². The van der Waals surface area contributed by atoms with E-state index in [9.17, 15) is 0 Å². The van der Waals surface area contributed by atoms with Crippen molar-refractivity contribution >= 4 is 28.4 Å². The highest BCUT2D eigenvalue weighted by atomic mass is 15.3. The van der Waals surface area contributed by atoms with Gasteiger partial charge in [0, 0.05) is 11.2 Å². The molecule has 0 saturated carbocycles. The third kappa shape index (κ3) is 3.92. The Bertz CT molecular complexity index is 1060. The van der Waals surface area contributed by atoms with Crippen LogP contribution < -0.4 is 9.80 Å². The molecule has 0 fully saturated rings. The minimum atomic E-state index is -0.0396. The first kappa shape index (κ1) is 22.5. The number of hydrogen-bond donors (Lipinski definition) is 0. The van der Waals surface area contributed by atoms with Crippen molar-refractivity contribution in [3.8, 4) is 0 Å². The van der Waals surface area contributed by atoms with E-state index in [-0.39, 0.29) is 16.4 Å². The van der Waals surface area contributed by atoms with Crippen molar-refractivity contribution in [2.45, 2.75) is 78.7 Å². The standard InChI is InChI=1S/C30H38N2/c1-28(2,3)21-18-22(29(4,5)6)20-23(19-21)31-24-14-10-12-16-26(24)32(30(7,8)9)27-17-13-11-15-25(27)31/h10-20H,1-9H3. The Morgan fingerprint density at radius 3 is 1.22 bits per heavy atom. The van der Waals surface area contributed by atoms with Gasteiger partial charge in [-0.05, 0) is 79.1 Å². The van der Waals surface area contributed by atoms with Crippen LogP contribution in [0.15, 0.2) is 66.7 Å². The van der Waals surface area contributed by atoms with Crippen molar-refractivity contribution < 1.29 is 0 Å². The predicted molar refractivity (Wildman–Crippen MR) is 140 cm³/mol. The highest BCUT2D eigenvalue weighted by Crippen LogP contribution is 2.54. The van der Waals surface area contributed by atoms with Gasteiger partial charge in [0.1, 0.15) is 0 Å². The lowest BCUT2D eigenvalue weighted by Crippen LogP contribution is -2.41. The number of nitrogens with zero attached hydrogens (tertiary/aromatic N) is 2. The van der Waals surface area contributed by atoms with Crippen LogP contribution in [0.3, 0.4) is 0 Å². The zero-order valence-electron chi connectivity index (χ0n) is 21.2. The van der Waals surface area contributed by atoms with Gasteiger partial charge < -0.3 is 9.80 Å². The lowest BCUT2D eigenvalue weighted by atomic mass is 9.80. The Hall–Kier alpha value is -2.74. The van der Waals surface area contributed by atoms with E-state index in [0.717, 1.165) is 0 Å². The molecule has 0 bridgehead atoms. The van der Waals surface area contributed by atoms with E-state index in [1.807, 2.05) is 0 Å². The van der Waals surface area contributed by atoms with Crippen LogP contribution in [0.5, 0.6) is 0 Å². The van der Waals surface area contributed by atoms with Gasteiger partial charge in [-0.25, -0.2) is 0 Å². The van der Waals surface area contributed by atoms with Gasteiger partial charge in [-0.15, -0.1) is 0 Å². The average Bonchev–Trinajstić information content (AvgIpc) is 2.69. The third-order valence-electron chi connectivity index (χ3n) is 6.31. The molecule has 0 atom stereocenters. The molecule has 3 aromatic carbocycles. The Morgan fingerprint density at radius 2 is 0.875 bits per heavy atom. The maximum absolute atomic E-state index is 2.48. The predicted octanol–water partition coefficient (Wildman–Crippen LogP) is 9.00. The van der Waals surface area contributed by atoms with Crippen molar-refractivity contribution in [1.29, 1.82) is 0 Å². The topological polar surface area (TPSA) is 6.48 Å². The van der Waals surface area contributed by atoms with Gasteiger partial charge in [-0.3, -0.25) is 0 Å². The quantitative estimate of drug-likeness (QED) is 0.383. The van der Waals surface area contributed by atoms with E-state index >= 15 is 0 Å². The highest BCUT2D eigenvalue weighted by Gasteiger charge is 2.35. The third-order valence-corrected chi connectivity index (χ3v) is 6.31. The summed E-state index contributed by atoms with van der Waals surface area (Å²) in [4.78, 5) is 4.93. The molecule has 1 heterocycles. The molecule has 0 radical (unpaired) electrons. The molecule has 0 saturated heterocycles. The van der Waals surface area contributed by atoms with Crippen LogP contribution in [-0.4, -0.2) is 5.54 Å². The first-order valence-corrected chi connectivity index (χ1v) is 11.7. The van der Waals surface area contributed by atoms with Gasteiger partial charge in [-0.2, -0.15) is 0 Å². The van der Waals surface area contributed by atoms with Crippen LogP contribution in [0.4, 0.5) is 28.4 Å². The largest absolute Gasteiger partial charge is 0.333 e. The van der Waals surface area contributed by atoms with Crippen molar-refractivity contribution in [3.05, 3.63) is 77.9 Å². The lowest BCUT2D eigenvalue weighted by Gasteiger charge is -2.46. The summed E-state index contributed by atoms with van der Waals surface area (Å²) in [6.45, 7) is 20.7. The van der Waals surface area contributed by atoms with E-state index in [0.29, 0.717) is 0 Å². The van der Waals surface area contributed by atoms with Crippen LogP contribution in [0.1, 0.15) is 73.4 Å². The molecule has 0 amide bonds. The van der Waals surface area contributed by atoms with Crippen molar-refractivity contribution in [3.63, 3.8) is 0 Å². The van der Waals surface area contributed by atoms with E-state index in [4.69, 9.17) is 0 Å². The second-order valence-corrected chi connectivity index (χ2v) is 12.1. The molecule has 0 spiro atoms. The minimum Gasteiger partial charge on any atom is -0.333 e. The Morgan fingerprint density at radius 1 is 0.500 bits per heavy atom. The minimum absolute atomic E-state index is 0.0396. The van der Waals surface area contributed by atoms with Crippen molar-refractivity contribution in [1.82, 2.24) is 0 Å². The molecule has 32 heavy (non-hydrogen) atoms. The molecule has 0 aromatic heterocycles. The zero-order valence-corrected chi connectivity index (χ0v) is 21.2. The van der Waals surface area contributed by atoms with E-state index in [1.165, 1.54) is 39.6 Å². The lowest BCUT2D eigenvalue weighted by molar-refractivity contribution is 0.558. The van der Waals surface area contributed by atoms with Gasteiger partial charge in [-0.1, -0.05) is 71.9 Å². The number of benzene rings is 3. The van der Waals surface area contributed by atoms with E-state index in [1.54, 1.807) is 0 Å². The highest BCUT2D eigenvalue weighted by molar-refractivity contribution is 5.98. The molecular formula is C30H38N2. The SMILES string of the molecule is CC(C)(C)c1cc(N2c3ccccc3N(C(C)(C)C)c3ccccc32)cc(C(C)(C)C)c1. The summed E-state index contributed by atoms with van der Waals surface area (Å²) >= 11 is 0. The van der Waals surface area contributed by atoms with Gasteiger partial charge in [0.2, 0.25) is 0 Å². The Labute approximate surface area is 194 Å². The Balaban J connectivity index is 2.04. The second kappa shape index (κ2) is 7.40. The number of rotatable bonds is 1. The summed E-state index contributed by atoms with van der Waals surface area (Å²) in [6, 6.07) is 24.8. The Kier molecular flexibility index (Phi) is 5.19. The summed E-state index contributed by atoms with van der Waals surface area (Å²) in [5.41, 5.74) is 9.03. The summed E-state index contributed by atoms with van der Waals surface area (Å²) in [5, 5.41) is 0. The first-order chi connectivity index (χ1) is 14.8. The molecule has 1 aliphatic rings. The fourth-order valence-corrected chi connectivity index (χ4v) is 4.55. The van der Waals surface area contributed by atoms with E-state index < -0.39 is 0 Å². The van der Waals surface area contributed by atoms with Crippen LogP contribution >= 0.6 is 0 Å². The maximum atomic E-state index is 2.48. The normalized spacial score (nSPS) is 14.3. The molecule has 168 valence electrons. The van der Waals surface area contributed by atoms with Crippen LogP contribution in [0, 0.1) is 0 Å².